The summed E-state index contributed by atoms with van der Waals surface area (Å²) in [7, 11) is 0. The van der Waals surface area contributed by atoms with E-state index in [2.05, 4.69) is 28.1 Å². The van der Waals surface area contributed by atoms with E-state index >= 15 is 0 Å². The normalized spacial score (nSPS) is 9.75. The highest BCUT2D eigenvalue weighted by molar-refractivity contribution is 9.10. The maximum absolute atomic E-state index is 5.64. The smallest absolute Gasteiger partial charge is 0.0868 e. The molecule has 1 heterocycles. The van der Waals surface area contributed by atoms with E-state index in [0.717, 1.165) is 9.47 Å². The van der Waals surface area contributed by atoms with Crippen LogP contribution in [0.5, 0.6) is 0 Å². The molecule has 1 aromatic carbocycles. The van der Waals surface area contributed by atoms with Crippen LogP contribution in [0.15, 0.2) is 28.7 Å². The first-order valence-corrected chi connectivity index (χ1v) is 4.81. The average Bonchev–Trinajstić information content (AvgIpc) is 2.27. The zero-order chi connectivity index (χ0) is 7.84. The monoisotopic (exact) mass is 263 g/mol. The number of anilines is 1. The van der Waals surface area contributed by atoms with Crippen molar-refractivity contribution in [2.24, 2.45) is 0 Å². The van der Waals surface area contributed by atoms with Gasteiger partial charge in [-0.15, -0.1) is 23.7 Å². The van der Waals surface area contributed by atoms with Crippen molar-refractivity contribution >= 4 is 54.8 Å². The maximum atomic E-state index is 5.64. The predicted molar refractivity (Wildman–Crippen MR) is 61.2 cm³/mol. The third kappa shape index (κ3) is 1.73. The number of thiophene rings is 1. The van der Waals surface area contributed by atoms with Gasteiger partial charge in [-0.25, -0.2) is 0 Å². The summed E-state index contributed by atoms with van der Waals surface area (Å²) in [5, 5.41) is 2.09. The van der Waals surface area contributed by atoms with Crippen molar-refractivity contribution in [2.75, 3.05) is 5.73 Å². The second-order valence-electron chi connectivity index (χ2n) is 2.33. The van der Waals surface area contributed by atoms with Gasteiger partial charge in [-0.3, -0.25) is 0 Å². The molecule has 0 aliphatic carbocycles. The number of nitrogens with two attached hydrogens (primary N) is 1. The summed E-state index contributed by atoms with van der Waals surface area (Å²) in [6.07, 6.45) is 0. The van der Waals surface area contributed by atoms with Crippen LogP contribution in [-0.4, -0.2) is 0 Å². The first-order valence-electron chi connectivity index (χ1n) is 3.20. The first-order chi connectivity index (χ1) is 5.25. The van der Waals surface area contributed by atoms with Gasteiger partial charge in [-0.05, 0) is 23.6 Å². The Morgan fingerprint density at radius 1 is 1.25 bits per heavy atom. The number of halogens is 2. The minimum Gasteiger partial charge on any atom is -0.391 e. The van der Waals surface area contributed by atoms with Crippen LogP contribution in [0.3, 0.4) is 0 Å². The third-order valence-electron chi connectivity index (χ3n) is 1.50. The van der Waals surface area contributed by atoms with Crippen LogP contribution >= 0.6 is 39.7 Å². The van der Waals surface area contributed by atoms with Gasteiger partial charge in [-0.2, -0.15) is 0 Å². The molecule has 0 bridgehead atoms. The Hall–Kier alpha value is -0.250. The van der Waals surface area contributed by atoms with Crippen molar-refractivity contribution < 1.29 is 0 Å². The lowest BCUT2D eigenvalue weighted by Crippen LogP contribution is -1.72. The van der Waals surface area contributed by atoms with Crippen LogP contribution in [0.1, 0.15) is 0 Å². The summed E-state index contributed by atoms with van der Waals surface area (Å²) in [5.74, 6) is 0. The molecule has 0 fully saturated rings. The number of nitrogen functional groups attached to an aromatic ring is 1. The summed E-state index contributed by atoms with van der Waals surface area (Å²) in [6, 6.07) is 8.16. The first kappa shape index (κ1) is 9.84. The molecule has 0 aliphatic rings. The highest BCUT2D eigenvalue weighted by atomic mass is 79.9. The summed E-state index contributed by atoms with van der Waals surface area (Å²) in [6.45, 7) is 0. The standard InChI is InChI=1S/C8H6BrNS.ClH/c9-6-2-1-5-3-8(10)11-7(5)4-6;/h1-4H,10H2;1H. The van der Waals surface area contributed by atoms with Crippen LogP contribution in [0.25, 0.3) is 10.1 Å². The number of rotatable bonds is 0. The summed E-state index contributed by atoms with van der Waals surface area (Å²) < 4.78 is 2.34. The lowest BCUT2D eigenvalue weighted by Gasteiger charge is -1.88. The Morgan fingerprint density at radius 2 is 2.00 bits per heavy atom. The number of hydrogen-bond acceptors (Lipinski definition) is 2. The second-order valence-corrected chi connectivity index (χ2v) is 4.36. The van der Waals surface area contributed by atoms with E-state index in [0.29, 0.717) is 0 Å². The van der Waals surface area contributed by atoms with E-state index < -0.39 is 0 Å². The number of fused-ring (bicyclic) bond motifs is 1. The van der Waals surface area contributed by atoms with Gasteiger partial charge in [-0.1, -0.05) is 22.0 Å². The third-order valence-corrected chi connectivity index (χ3v) is 2.92. The van der Waals surface area contributed by atoms with E-state index in [1.165, 1.54) is 10.1 Å². The Morgan fingerprint density at radius 3 is 2.75 bits per heavy atom. The zero-order valence-corrected chi connectivity index (χ0v) is 9.30. The number of hydrogen-bond donors (Lipinski definition) is 1. The van der Waals surface area contributed by atoms with Crippen molar-refractivity contribution in [1.29, 1.82) is 0 Å². The molecule has 4 heteroatoms. The Kier molecular flexibility index (Phi) is 2.99. The van der Waals surface area contributed by atoms with Gasteiger partial charge in [0.2, 0.25) is 0 Å². The molecule has 0 saturated heterocycles. The Balaban J connectivity index is 0.000000720. The van der Waals surface area contributed by atoms with Crippen LogP contribution in [0.4, 0.5) is 5.00 Å². The number of benzene rings is 1. The molecule has 0 atom stereocenters. The molecular weight excluding hydrogens is 258 g/mol. The summed E-state index contributed by atoms with van der Waals surface area (Å²) in [4.78, 5) is 0. The molecule has 1 aromatic heterocycles. The Labute approximate surface area is 89.1 Å². The van der Waals surface area contributed by atoms with Crippen molar-refractivity contribution in [3.05, 3.63) is 28.7 Å². The lowest BCUT2D eigenvalue weighted by atomic mass is 10.3. The van der Waals surface area contributed by atoms with Gasteiger partial charge < -0.3 is 5.73 Å². The van der Waals surface area contributed by atoms with E-state index in [-0.39, 0.29) is 12.4 Å². The molecule has 0 amide bonds. The fourth-order valence-corrected chi connectivity index (χ4v) is 2.41. The molecule has 2 rings (SSSR count). The van der Waals surface area contributed by atoms with Gasteiger partial charge in [0, 0.05) is 9.17 Å². The molecule has 0 spiro atoms. The maximum Gasteiger partial charge on any atom is 0.0868 e. The van der Waals surface area contributed by atoms with Crippen LogP contribution < -0.4 is 5.73 Å². The molecule has 2 aromatic rings. The van der Waals surface area contributed by atoms with Gasteiger partial charge in [0.25, 0.3) is 0 Å². The fourth-order valence-electron chi connectivity index (χ4n) is 1.03. The van der Waals surface area contributed by atoms with Gasteiger partial charge in [0.15, 0.2) is 0 Å². The topological polar surface area (TPSA) is 26.0 Å². The van der Waals surface area contributed by atoms with Gasteiger partial charge in [0.1, 0.15) is 0 Å². The minimum absolute atomic E-state index is 0. The zero-order valence-electron chi connectivity index (χ0n) is 6.08. The predicted octanol–water partition coefficient (Wildman–Crippen LogP) is 3.67. The highest BCUT2D eigenvalue weighted by Crippen LogP contribution is 2.29. The van der Waals surface area contributed by atoms with Crippen LogP contribution in [-0.2, 0) is 0 Å². The van der Waals surface area contributed by atoms with Crippen molar-refractivity contribution in [3.8, 4) is 0 Å². The van der Waals surface area contributed by atoms with Crippen molar-refractivity contribution in [1.82, 2.24) is 0 Å². The van der Waals surface area contributed by atoms with E-state index in [4.69, 9.17) is 5.73 Å². The molecule has 0 unspecified atom stereocenters. The van der Waals surface area contributed by atoms with Crippen LogP contribution in [0.2, 0.25) is 0 Å². The van der Waals surface area contributed by atoms with Gasteiger partial charge in [0.05, 0.1) is 5.00 Å². The molecule has 2 N–H and O–H groups in total. The SMILES string of the molecule is Cl.Nc1cc2ccc(Br)cc2s1. The molecule has 0 aliphatic heterocycles. The van der Waals surface area contributed by atoms with Crippen molar-refractivity contribution in [3.63, 3.8) is 0 Å². The molecule has 64 valence electrons. The molecule has 0 radical (unpaired) electrons. The second kappa shape index (κ2) is 3.64. The molecule has 1 nitrogen and oxygen atoms in total. The average molecular weight is 265 g/mol. The highest BCUT2D eigenvalue weighted by Gasteiger charge is 1.97. The largest absolute Gasteiger partial charge is 0.391 e. The quantitative estimate of drug-likeness (QED) is 0.772. The fraction of sp³-hybridized carbons (Fsp3) is 0. The molecule has 0 saturated carbocycles. The Bertz CT molecular complexity index is 399. The van der Waals surface area contributed by atoms with Crippen molar-refractivity contribution in [2.45, 2.75) is 0 Å². The van der Waals surface area contributed by atoms with Gasteiger partial charge >= 0.3 is 0 Å². The van der Waals surface area contributed by atoms with E-state index in [1.807, 2.05) is 12.1 Å². The van der Waals surface area contributed by atoms with Crippen LogP contribution in [0, 0.1) is 0 Å². The summed E-state index contributed by atoms with van der Waals surface area (Å²) in [5.41, 5.74) is 5.64. The van der Waals surface area contributed by atoms with E-state index in [1.54, 1.807) is 11.3 Å². The lowest BCUT2D eigenvalue weighted by molar-refractivity contribution is 1.77. The molecular formula is C8H7BrClNS. The molecule has 12 heavy (non-hydrogen) atoms. The minimum atomic E-state index is 0. The summed E-state index contributed by atoms with van der Waals surface area (Å²) >= 11 is 5.02. The van der Waals surface area contributed by atoms with E-state index in [9.17, 15) is 0 Å².